The third kappa shape index (κ3) is 5.04. The van der Waals surface area contributed by atoms with Crippen LogP contribution in [0.5, 0.6) is 0 Å². The zero-order valence-electron chi connectivity index (χ0n) is 13.6. The zero-order chi connectivity index (χ0) is 18.7. The Morgan fingerprint density at radius 3 is 2.32 bits per heavy atom. The fraction of sp³-hybridized carbons (Fsp3) is 0.250. The molecular formula is C16H18N2O5S2. The van der Waals surface area contributed by atoms with E-state index in [-0.39, 0.29) is 10.6 Å². The van der Waals surface area contributed by atoms with Crippen LogP contribution in [0.2, 0.25) is 0 Å². The van der Waals surface area contributed by atoms with E-state index in [1.165, 1.54) is 19.9 Å². The highest BCUT2D eigenvalue weighted by atomic mass is 32.2. The van der Waals surface area contributed by atoms with Crippen LogP contribution in [0.25, 0.3) is 0 Å². The fourth-order valence-corrected chi connectivity index (χ4v) is 4.00. The summed E-state index contributed by atoms with van der Waals surface area (Å²) in [5.41, 5.74) is -0.339. The maximum Gasteiger partial charge on any atom is 0.328 e. The molecule has 1 aromatic carbocycles. The summed E-state index contributed by atoms with van der Waals surface area (Å²) in [6, 6.07) is 9.49. The molecule has 3 N–H and O–H groups in total. The number of rotatable bonds is 7. The first-order valence-corrected chi connectivity index (χ1v) is 9.66. The molecule has 0 unspecified atom stereocenters. The van der Waals surface area contributed by atoms with E-state index >= 15 is 0 Å². The van der Waals surface area contributed by atoms with E-state index in [1.54, 1.807) is 35.7 Å². The quantitative estimate of drug-likeness (QED) is 0.679. The first kappa shape index (κ1) is 18.9. The average molecular weight is 382 g/mol. The summed E-state index contributed by atoms with van der Waals surface area (Å²) in [6.45, 7) is 2.80. The van der Waals surface area contributed by atoms with Gasteiger partial charge in [-0.3, -0.25) is 9.52 Å². The molecule has 134 valence electrons. The van der Waals surface area contributed by atoms with Crippen LogP contribution >= 0.6 is 11.3 Å². The molecule has 1 amide bonds. The third-order valence-corrected chi connectivity index (χ3v) is 6.10. The van der Waals surface area contributed by atoms with Crippen molar-refractivity contribution in [3.05, 3.63) is 47.3 Å². The number of benzene rings is 1. The van der Waals surface area contributed by atoms with Gasteiger partial charge in [0.25, 0.3) is 10.0 Å². The lowest BCUT2D eigenvalue weighted by Gasteiger charge is -2.21. The number of carboxylic acids is 1. The van der Waals surface area contributed by atoms with E-state index in [4.69, 9.17) is 5.11 Å². The number of hydrogen-bond donors (Lipinski definition) is 3. The molecule has 1 heterocycles. The summed E-state index contributed by atoms with van der Waals surface area (Å²) in [7, 11) is -3.62. The minimum absolute atomic E-state index is 0.00529. The fourth-order valence-electron chi connectivity index (χ4n) is 1.94. The van der Waals surface area contributed by atoms with Crippen molar-refractivity contribution in [2.45, 2.75) is 30.0 Å². The minimum Gasteiger partial charge on any atom is -0.480 e. The summed E-state index contributed by atoms with van der Waals surface area (Å²) in [6.07, 6.45) is -0.00529. The van der Waals surface area contributed by atoms with Crippen molar-refractivity contribution in [1.29, 1.82) is 0 Å². The molecule has 9 heteroatoms. The van der Waals surface area contributed by atoms with E-state index in [0.29, 0.717) is 11.3 Å². The second kappa shape index (κ2) is 7.24. The molecule has 1 aromatic heterocycles. The second-order valence-corrected chi connectivity index (χ2v) is 8.75. The normalized spacial score (nSPS) is 11.8. The molecule has 0 bridgehead atoms. The molecule has 0 saturated heterocycles. The van der Waals surface area contributed by atoms with Crippen LogP contribution in [0.4, 0.5) is 5.69 Å². The van der Waals surface area contributed by atoms with Crippen molar-refractivity contribution in [2.24, 2.45) is 0 Å². The van der Waals surface area contributed by atoms with Gasteiger partial charge in [0.15, 0.2) is 0 Å². The lowest BCUT2D eigenvalue weighted by Crippen LogP contribution is -2.50. The first-order chi connectivity index (χ1) is 11.6. The number of hydrogen-bond acceptors (Lipinski definition) is 5. The highest BCUT2D eigenvalue weighted by Crippen LogP contribution is 2.20. The van der Waals surface area contributed by atoms with Crippen LogP contribution in [-0.4, -0.2) is 30.9 Å². The van der Waals surface area contributed by atoms with Crippen LogP contribution in [0.15, 0.2) is 46.0 Å². The smallest absolute Gasteiger partial charge is 0.328 e. The molecule has 2 rings (SSSR count). The molecule has 0 aliphatic rings. The molecular weight excluding hydrogens is 364 g/mol. The van der Waals surface area contributed by atoms with Crippen molar-refractivity contribution in [1.82, 2.24) is 5.32 Å². The lowest BCUT2D eigenvalue weighted by molar-refractivity contribution is -0.145. The molecule has 0 aliphatic carbocycles. The van der Waals surface area contributed by atoms with Crippen molar-refractivity contribution in [2.75, 3.05) is 4.72 Å². The van der Waals surface area contributed by atoms with E-state index in [0.717, 1.165) is 11.3 Å². The lowest BCUT2D eigenvalue weighted by atomic mass is 10.0. The Morgan fingerprint density at radius 2 is 1.80 bits per heavy atom. The molecule has 0 spiro atoms. The predicted octanol–water partition coefficient (Wildman–Crippen LogP) is 2.07. The van der Waals surface area contributed by atoms with Crippen LogP contribution in [-0.2, 0) is 26.0 Å². The molecule has 25 heavy (non-hydrogen) atoms. The predicted molar refractivity (Wildman–Crippen MR) is 95.1 cm³/mol. The van der Waals surface area contributed by atoms with Crippen LogP contribution in [0.3, 0.4) is 0 Å². The highest BCUT2D eigenvalue weighted by Gasteiger charge is 2.28. The second-order valence-electron chi connectivity index (χ2n) is 5.89. The summed E-state index contributed by atoms with van der Waals surface area (Å²) in [4.78, 5) is 22.9. The monoisotopic (exact) mass is 382 g/mol. The van der Waals surface area contributed by atoms with Gasteiger partial charge in [-0.1, -0.05) is 18.2 Å². The zero-order valence-corrected chi connectivity index (χ0v) is 15.3. The van der Waals surface area contributed by atoms with Gasteiger partial charge in [-0.25, -0.2) is 13.2 Å². The highest BCUT2D eigenvalue weighted by molar-refractivity contribution is 7.94. The largest absolute Gasteiger partial charge is 0.480 e. The number of sulfonamides is 1. The van der Waals surface area contributed by atoms with Crippen molar-refractivity contribution < 1.29 is 23.1 Å². The van der Waals surface area contributed by atoms with Gasteiger partial charge in [0.2, 0.25) is 5.91 Å². The molecule has 7 nitrogen and oxygen atoms in total. The van der Waals surface area contributed by atoms with E-state index in [9.17, 15) is 18.0 Å². The van der Waals surface area contributed by atoms with Crippen molar-refractivity contribution >= 4 is 38.9 Å². The van der Waals surface area contributed by atoms with Gasteiger partial charge in [-0.05, 0) is 43.0 Å². The topological polar surface area (TPSA) is 113 Å². The number of carbonyl (C=O) groups excluding carboxylic acids is 1. The molecule has 0 radical (unpaired) electrons. The SMILES string of the molecule is CC(C)(NC(=O)Cc1ccc(NS(=O)(=O)c2cccs2)cc1)C(=O)O. The Kier molecular flexibility index (Phi) is 5.48. The minimum atomic E-state index is -3.62. The molecule has 0 saturated carbocycles. The number of nitrogens with one attached hydrogen (secondary N) is 2. The number of anilines is 1. The van der Waals surface area contributed by atoms with Crippen LogP contribution in [0, 0.1) is 0 Å². The summed E-state index contributed by atoms with van der Waals surface area (Å²) < 4.78 is 26.9. The van der Waals surface area contributed by atoms with E-state index in [2.05, 4.69) is 10.0 Å². The molecule has 0 fully saturated rings. The Bertz CT molecular complexity index is 856. The Balaban J connectivity index is 2.01. The van der Waals surface area contributed by atoms with Gasteiger partial charge >= 0.3 is 5.97 Å². The van der Waals surface area contributed by atoms with Crippen LogP contribution < -0.4 is 10.0 Å². The summed E-state index contributed by atoms with van der Waals surface area (Å²) >= 11 is 1.12. The average Bonchev–Trinajstić information content (AvgIpc) is 3.03. The molecule has 0 aliphatic heterocycles. The van der Waals surface area contributed by atoms with Crippen molar-refractivity contribution in [3.8, 4) is 0 Å². The number of thiophene rings is 1. The van der Waals surface area contributed by atoms with Crippen molar-refractivity contribution in [3.63, 3.8) is 0 Å². The molecule has 0 atom stereocenters. The molecule has 2 aromatic rings. The van der Waals surface area contributed by atoms with Crippen LogP contribution in [0.1, 0.15) is 19.4 Å². The maximum atomic E-state index is 12.1. The van der Waals surface area contributed by atoms with Gasteiger partial charge in [0.05, 0.1) is 6.42 Å². The summed E-state index contributed by atoms with van der Waals surface area (Å²) in [5.74, 6) is -1.56. The Morgan fingerprint density at radius 1 is 1.16 bits per heavy atom. The standard InChI is InChI=1S/C16H18N2O5S2/c1-16(2,15(20)21)17-13(19)10-11-5-7-12(8-6-11)18-25(22,23)14-4-3-9-24-14/h3-9,18H,10H2,1-2H3,(H,17,19)(H,20,21). The third-order valence-electron chi connectivity index (χ3n) is 3.32. The Labute approximate surface area is 149 Å². The number of carbonyl (C=O) groups is 2. The van der Waals surface area contributed by atoms with Gasteiger partial charge < -0.3 is 10.4 Å². The number of amides is 1. The number of aliphatic carboxylic acids is 1. The van der Waals surface area contributed by atoms with Gasteiger partial charge in [-0.2, -0.15) is 0 Å². The maximum absolute atomic E-state index is 12.1. The van der Waals surface area contributed by atoms with Gasteiger partial charge in [0.1, 0.15) is 9.75 Å². The van der Waals surface area contributed by atoms with Gasteiger partial charge in [-0.15, -0.1) is 11.3 Å². The summed E-state index contributed by atoms with van der Waals surface area (Å²) in [5, 5.41) is 13.1. The Hall–Kier alpha value is -2.39. The first-order valence-electron chi connectivity index (χ1n) is 7.30. The van der Waals surface area contributed by atoms with E-state index < -0.39 is 27.4 Å². The number of carboxylic acid groups (broad SMARTS) is 1. The van der Waals surface area contributed by atoms with E-state index in [1.807, 2.05) is 0 Å². The van der Waals surface area contributed by atoms with Gasteiger partial charge in [0, 0.05) is 5.69 Å².